The van der Waals surface area contributed by atoms with Gasteiger partial charge in [0, 0.05) is 7.05 Å². The molecule has 7 nitrogen and oxygen atoms in total. The van der Waals surface area contributed by atoms with Gasteiger partial charge in [0.2, 0.25) is 0 Å². The second-order valence-electron chi connectivity index (χ2n) is 5.21. The monoisotopic (exact) mass is 279 g/mol. The molecule has 20 heavy (non-hydrogen) atoms. The molecular formula is C13H17N3O4. The van der Waals surface area contributed by atoms with Crippen LogP contribution in [0.4, 0.5) is 0 Å². The zero-order valence-electron chi connectivity index (χ0n) is 11.6. The van der Waals surface area contributed by atoms with Crippen LogP contribution in [0, 0.1) is 5.92 Å². The lowest BCUT2D eigenvalue weighted by Gasteiger charge is -2.29. The number of aromatic amines is 1. The van der Waals surface area contributed by atoms with Gasteiger partial charge in [-0.3, -0.25) is 9.51 Å². The van der Waals surface area contributed by atoms with Crippen LogP contribution in [0.1, 0.15) is 26.1 Å². The van der Waals surface area contributed by atoms with Gasteiger partial charge < -0.3 is 10.0 Å². The standard InChI is InChI=1S/C13H17N3O4/c1-7(2)5-9(10(17)18)16(4)13(6-8(13)3)11-14-12(19)20-15-11/h5,8H,1,6H2,2-4H3,(H,17,18)(H,14,15,19)/b9-5-/t8-,13-/m0/s1. The van der Waals surface area contributed by atoms with Crippen molar-refractivity contribution in [3.63, 3.8) is 0 Å². The van der Waals surface area contributed by atoms with E-state index in [1.54, 1.807) is 18.9 Å². The summed E-state index contributed by atoms with van der Waals surface area (Å²) in [7, 11) is 1.67. The number of aliphatic carboxylic acids is 1. The van der Waals surface area contributed by atoms with Crippen LogP contribution in [0.25, 0.3) is 0 Å². The van der Waals surface area contributed by atoms with E-state index in [-0.39, 0.29) is 11.6 Å². The van der Waals surface area contributed by atoms with E-state index in [0.29, 0.717) is 17.8 Å². The lowest BCUT2D eigenvalue weighted by Crippen LogP contribution is -2.36. The highest BCUT2D eigenvalue weighted by atomic mass is 16.5. The third kappa shape index (κ3) is 2.15. The average molecular weight is 279 g/mol. The molecular weight excluding hydrogens is 262 g/mol. The number of rotatable bonds is 5. The van der Waals surface area contributed by atoms with Crippen molar-refractivity contribution in [1.29, 1.82) is 0 Å². The van der Waals surface area contributed by atoms with Crippen LogP contribution >= 0.6 is 0 Å². The van der Waals surface area contributed by atoms with Crippen molar-refractivity contribution in [2.24, 2.45) is 5.92 Å². The molecule has 1 saturated carbocycles. The lowest BCUT2D eigenvalue weighted by atomic mass is 10.1. The van der Waals surface area contributed by atoms with Crippen LogP contribution in [0.5, 0.6) is 0 Å². The van der Waals surface area contributed by atoms with E-state index in [1.807, 2.05) is 6.92 Å². The number of likely N-dealkylation sites (N-methyl/N-ethyl adjacent to an activating group) is 1. The minimum Gasteiger partial charge on any atom is -0.477 e. The minimum atomic E-state index is -1.06. The third-order valence-corrected chi connectivity index (χ3v) is 3.68. The zero-order valence-corrected chi connectivity index (χ0v) is 11.6. The molecule has 0 amide bonds. The van der Waals surface area contributed by atoms with Crippen LogP contribution in [0.2, 0.25) is 0 Å². The second kappa shape index (κ2) is 4.66. The summed E-state index contributed by atoms with van der Waals surface area (Å²) in [6.07, 6.45) is 2.18. The fourth-order valence-corrected chi connectivity index (χ4v) is 2.53. The van der Waals surface area contributed by atoms with E-state index >= 15 is 0 Å². The molecule has 0 unspecified atom stereocenters. The van der Waals surface area contributed by atoms with E-state index in [9.17, 15) is 14.7 Å². The number of aromatic nitrogens is 2. The number of nitrogens with one attached hydrogen (secondary N) is 1. The molecule has 1 aliphatic carbocycles. The summed E-state index contributed by atoms with van der Waals surface area (Å²) in [4.78, 5) is 26.7. The number of H-pyrrole nitrogens is 1. The SMILES string of the molecule is C=C(C)/C=C(/C(=O)O)N(C)[C@@]1(c2noc(=O)[nH]2)C[C@@H]1C. The van der Waals surface area contributed by atoms with Gasteiger partial charge in [-0.25, -0.2) is 9.59 Å². The van der Waals surface area contributed by atoms with Crippen molar-refractivity contribution in [1.82, 2.24) is 15.0 Å². The molecule has 0 aliphatic heterocycles. The molecule has 2 atom stereocenters. The molecule has 1 aromatic rings. The quantitative estimate of drug-likeness (QED) is 0.618. The largest absolute Gasteiger partial charge is 0.477 e. The zero-order chi connectivity index (χ0) is 15.1. The van der Waals surface area contributed by atoms with Crippen molar-refractivity contribution >= 4 is 5.97 Å². The topological polar surface area (TPSA) is 99.4 Å². The van der Waals surface area contributed by atoms with Crippen LogP contribution < -0.4 is 5.76 Å². The first-order chi connectivity index (χ1) is 9.29. The Morgan fingerprint density at radius 1 is 1.70 bits per heavy atom. The van der Waals surface area contributed by atoms with Gasteiger partial charge in [-0.15, -0.1) is 0 Å². The first kappa shape index (κ1) is 14.1. The fraction of sp³-hybridized carbons (Fsp3) is 0.462. The van der Waals surface area contributed by atoms with Crippen LogP contribution in [-0.4, -0.2) is 33.2 Å². The lowest BCUT2D eigenvalue weighted by molar-refractivity contribution is -0.134. The summed E-state index contributed by atoms with van der Waals surface area (Å²) < 4.78 is 4.54. The van der Waals surface area contributed by atoms with Crippen LogP contribution in [0.3, 0.4) is 0 Å². The molecule has 0 spiro atoms. The number of carboxylic acids is 1. The number of allylic oxidation sites excluding steroid dienone is 2. The van der Waals surface area contributed by atoms with Gasteiger partial charge in [-0.05, 0) is 25.3 Å². The van der Waals surface area contributed by atoms with E-state index in [2.05, 4.69) is 21.2 Å². The van der Waals surface area contributed by atoms with Crippen LogP contribution in [0.15, 0.2) is 33.2 Å². The summed E-state index contributed by atoms with van der Waals surface area (Å²) in [6.45, 7) is 7.38. The molecule has 0 saturated heterocycles. The normalized spacial score (nSPS) is 25.4. The Morgan fingerprint density at radius 2 is 2.30 bits per heavy atom. The molecule has 1 aromatic heterocycles. The molecule has 108 valence electrons. The maximum absolute atomic E-state index is 11.4. The second-order valence-corrected chi connectivity index (χ2v) is 5.21. The Bertz CT molecular complexity index is 642. The van der Waals surface area contributed by atoms with Crippen molar-refractivity contribution in [3.8, 4) is 0 Å². The predicted molar refractivity (Wildman–Crippen MR) is 70.9 cm³/mol. The highest BCUT2D eigenvalue weighted by Crippen LogP contribution is 2.55. The molecule has 0 radical (unpaired) electrons. The Morgan fingerprint density at radius 3 is 2.65 bits per heavy atom. The Balaban J connectivity index is 2.44. The summed E-state index contributed by atoms with van der Waals surface area (Å²) in [6, 6.07) is 0. The van der Waals surface area contributed by atoms with Gasteiger partial charge in [0.15, 0.2) is 5.82 Å². The van der Waals surface area contributed by atoms with Gasteiger partial charge in [-0.1, -0.05) is 24.2 Å². The summed E-state index contributed by atoms with van der Waals surface area (Å²) in [5.41, 5.74) is 0.0864. The predicted octanol–water partition coefficient (Wildman–Crippen LogP) is 1.07. The smallest absolute Gasteiger partial charge is 0.438 e. The van der Waals surface area contributed by atoms with Crippen molar-refractivity contribution < 1.29 is 14.4 Å². The fourth-order valence-electron chi connectivity index (χ4n) is 2.53. The van der Waals surface area contributed by atoms with E-state index in [1.165, 1.54) is 6.08 Å². The van der Waals surface area contributed by atoms with E-state index in [4.69, 9.17) is 0 Å². The highest BCUT2D eigenvalue weighted by molar-refractivity contribution is 5.86. The van der Waals surface area contributed by atoms with Gasteiger partial charge in [0.05, 0.1) is 0 Å². The van der Waals surface area contributed by atoms with Gasteiger partial charge in [0.25, 0.3) is 0 Å². The maximum atomic E-state index is 11.4. The molecule has 0 aromatic carbocycles. The van der Waals surface area contributed by atoms with Crippen LogP contribution in [-0.2, 0) is 10.3 Å². The number of hydrogen-bond acceptors (Lipinski definition) is 5. The molecule has 1 aliphatic rings. The van der Waals surface area contributed by atoms with Crippen molar-refractivity contribution in [2.75, 3.05) is 7.05 Å². The molecule has 7 heteroatoms. The Labute approximate surface area is 115 Å². The molecule has 1 heterocycles. The number of carbonyl (C=O) groups is 1. The Hall–Kier alpha value is -2.31. The van der Waals surface area contributed by atoms with Gasteiger partial charge in [0.1, 0.15) is 11.2 Å². The Kier molecular flexibility index (Phi) is 3.29. The molecule has 1 fully saturated rings. The van der Waals surface area contributed by atoms with Crippen molar-refractivity contribution in [2.45, 2.75) is 25.8 Å². The van der Waals surface area contributed by atoms with Gasteiger partial charge >= 0.3 is 11.7 Å². The molecule has 2 N–H and O–H groups in total. The summed E-state index contributed by atoms with van der Waals surface area (Å²) in [5, 5.41) is 13.1. The number of nitrogens with zero attached hydrogens (tertiary/aromatic N) is 2. The summed E-state index contributed by atoms with van der Waals surface area (Å²) in [5.74, 6) is -1.19. The first-order valence-electron chi connectivity index (χ1n) is 6.20. The molecule has 2 rings (SSSR count). The minimum absolute atomic E-state index is 0.102. The highest BCUT2D eigenvalue weighted by Gasteiger charge is 2.59. The number of carboxylic acid groups (broad SMARTS) is 1. The number of hydrogen-bond donors (Lipinski definition) is 2. The van der Waals surface area contributed by atoms with E-state index in [0.717, 1.165) is 0 Å². The summed E-state index contributed by atoms with van der Waals surface area (Å²) >= 11 is 0. The third-order valence-electron chi connectivity index (χ3n) is 3.68. The van der Waals surface area contributed by atoms with E-state index < -0.39 is 17.3 Å². The maximum Gasteiger partial charge on any atom is 0.438 e. The molecule has 0 bridgehead atoms. The first-order valence-corrected chi connectivity index (χ1v) is 6.20. The average Bonchev–Trinajstić information content (AvgIpc) is 2.83. The van der Waals surface area contributed by atoms with Crippen molar-refractivity contribution in [3.05, 3.63) is 40.3 Å². The van der Waals surface area contributed by atoms with Gasteiger partial charge in [-0.2, -0.15) is 0 Å².